The maximum absolute atomic E-state index is 11.6. The Balaban J connectivity index is 2.02. The number of carbonyl (C=O) groups excluding carboxylic acids is 1. The minimum absolute atomic E-state index is 0.0671. The van der Waals surface area contributed by atoms with Crippen LogP contribution in [0.15, 0.2) is 36.4 Å². The summed E-state index contributed by atoms with van der Waals surface area (Å²) in [6.45, 7) is 0.161. The van der Waals surface area contributed by atoms with Gasteiger partial charge in [0.1, 0.15) is 0 Å². The minimum Gasteiger partial charge on any atom is -0.504 e. The van der Waals surface area contributed by atoms with Crippen molar-refractivity contribution in [2.45, 2.75) is 0 Å². The highest BCUT2D eigenvalue weighted by atomic mass is 16.7. The standard InChI is InChI=1S/C21H19NO6/c1-22(10-23)19-13(14-6-7-16(25-2)21(26-3)20(14)24)5-4-12-8-17-18(9-15(12)19)28-11-27-17/h4-10,24H,11H2,1-3H3. The molecule has 0 aliphatic carbocycles. The smallest absolute Gasteiger partial charge is 0.231 e. The number of nitrogens with zero attached hydrogens (tertiary/aromatic N) is 1. The fourth-order valence-electron chi connectivity index (χ4n) is 3.48. The van der Waals surface area contributed by atoms with E-state index in [1.165, 1.54) is 19.1 Å². The number of carbonyl (C=O) groups is 1. The topological polar surface area (TPSA) is 77.5 Å². The van der Waals surface area contributed by atoms with E-state index in [2.05, 4.69) is 0 Å². The molecule has 7 heteroatoms. The molecule has 0 saturated carbocycles. The van der Waals surface area contributed by atoms with Crippen molar-refractivity contribution in [3.8, 4) is 39.9 Å². The lowest BCUT2D eigenvalue weighted by atomic mass is 9.96. The largest absolute Gasteiger partial charge is 0.504 e. The zero-order valence-electron chi connectivity index (χ0n) is 15.7. The first-order valence-corrected chi connectivity index (χ1v) is 8.57. The van der Waals surface area contributed by atoms with E-state index >= 15 is 0 Å². The lowest BCUT2D eigenvalue weighted by molar-refractivity contribution is -0.107. The Morgan fingerprint density at radius 1 is 1.04 bits per heavy atom. The Morgan fingerprint density at radius 2 is 1.75 bits per heavy atom. The van der Waals surface area contributed by atoms with Crippen molar-refractivity contribution >= 4 is 22.9 Å². The molecular weight excluding hydrogens is 362 g/mol. The molecule has 144 valence electrons. The van der Waals surface area contributed by atoms with Crippen LogP contribution < -0.4 is 23.8 Å². The summed E-state index contributed by atoms with van der Waals surface area (Å²) in [6, 6.07) is 10.9. The summed E-state index contributed by atoms with van der Waals surface area (Å²) in [5.41, 5.74) is 1.81. The second kappa shape index (κ2) is 6.84. The molecule has 0 atom stereocenters. The summed E-state index contributed by atoms with van der Waals surface area (Å²) in [6.07, 6.45) is 0.723. The molecule has 0 saturated heterocycles. The van der Waals surface area contributed by atoms with Gasteiger partial charge in [-0.2, -0.15) is 0 Å². The number of fused-ring (bicyclic) bond motifs is 2. The van der Waals surface area contributed by atoms with E-state index < -0.39 is 0 Å². The van der Waals surface area contributed by atoms with Crippen molar-refractivity contribution in [3.05, 3.63) is 36.4 Å². The zero-order chi connectivity index (χ0) is 19.8. The van der Waals surface area contributed by atoms with Crippen molar-refractivity contribution < 1.29 is 28.8 Å². The van der Waals surface area contributed by atoms with Gasteiger partial charge in [-0.3, -0.25) is 4.79 Å². The second-order valence-electron chi connectivity index (χ2n) is 6.30. The summed E-state index contributed by atoms with van der Waals surface area (Å²) >= 11 is 0. The van der Waals surface area contributed by atoms with E-state index in [1.807, 2.05) is 24.3 Å². The van der Waals surface area contributed by atoms with E-state index in [1.54, 1.807) is 19.2 Å². The average molecular weight is 381 g/mol. The third kappa shape index (κ3) is 2.63. The quantitative estimate of drug-likeness (QED) is 0.681. The number of methoxy groups -OCH3 is 2. The molecule has 3 aromatic rings. The molecule has 1 N–H and O–H groups in total. The van der Waals surface area contributed by atoms with Crippen molar-refractivity contribution in [2.75, 3.05) is 33.0 Å². The van der Waals surface area contributed by atoms with Gasteiger partial charge in [-0.25, -0.2) is 0 Å². The number of hydrogen-bond acceptors (Lipinski definition) is 6. The van der Waals surface area contributed by atoms with Crippen LogP contribution in [0.3, 0.4) is 0 Å². The molecule has 3 aromatic carbocycles. The molecule has 28 heavy (non-hydrogen) atoms. The van der Waals surface area contributed by atoms with Gasteiger partial charge in [0.05, 0.1) is 19.9 Å². The van der Waals surface area contributed by atoms with Crippen LogP contribution in [0.5, 0.6) is 28.7 Å². The van der Waals surface area contributed by atoms with Gasteiger partial charge in [0, 0.05) is 23.6 Å². The molecule has 0 unspecified atom stereocenters. The van der Waals surface area contributed by atoms with Crippen molar-refractivity contribution in [1.29, 1.82) is 0 Å². The van der Waals surface area contributed by atoms with Crippen LogP contribution in [-0.4, -0.2) is 39.6 Å². The fourth-order valence-corrected chi connectivity index (χ4v) is 3.48. The summed E-state index contributed by atoms with van der Waals surface area (Å²) in [7, 11) is 4.62. The summed E-state index contributed by atoms with van der Waals surface area (Å²) in [4.78, 5) is 13.1. The second-order valence-corrected chi connectivity index (χ2v) is 6.30. The third-order valence-electron chi connectivity index (χ3n) is 4.80. The molecule has 1 amide bonds. The van der Waals surface area contributed by atoms with Gasteiger partial charge in [-0.15, -0.1) is 0 Å². The van der Waals surface area contributed by atoms with Crippen molar-refractivity contribution in [1.82, 2.24) is 0 Å². The number of anilines is 1. The van der Waals surface area contributed by atoms with Gasteiger partial charge in [-0.05, 0) is 29.7 Å². The molecular formula is C21H19NO6. The van der Waals surface area contributed by atoms with Crippen LogP contribution in [0.4, 0.5) is 5.69 Å². The molecule has 0 fully saturated rings. The summed E-state index contributed by atoms with van der Waals surface area (Å²) in [5.74, 6) is 1.85. The summed E-state index contributed by atoms with van der Waals surface area (Å²) in [5, 5.41) is 12.5. The highest BCUT2D eigenvalue weighted by molar-refractivity contribution is 6.07. The van der Waals surface area contributed by atoms with Crippen LogP contribution in [0.25, 0.3) is 21.9 Å². The first kappa shape index (κ1) is 17.8. The van der Waals surface area contributed by atoms with Gasteiger partial charge in [0.25, 0.3) is 0 Å². The predicted molar refractivity (Wildman–Crippen MR) is 105 cm³/mol. The van der Waals surface area contributed by atoms with Gasteiger partial charge < -0.3 is 29.0 Å². The number of rotatable bonds is 5. The van der Waals surface area contributed by atoms with Crippen LogP contribution >= 0.6 is 0 Å². The highest BCUT2D eigenvalue weighted by Gasteiger charge is 2.22. The lowest BCUT2D eigenvalue weighted by Gasteiger charge is -2.21. The predicted octanol–water partition coefficient (Wildman–Crippen LogP) is 3.55. The van der Waals surface area contributed by atoms with E-state index in [9.17, 15) is 9.90 Å². The first-order valence-electron chi connectivity index (χ1n) is 8.57. The number of hydrogen-bond donors (Lipinski definition) is 1. The normalized spacial score (nSPS) is 12.1. The number of phenolic OH excluding ortho intramolecular Hbond substituents is 1. The Kier molecular flexibility index (Phi) is 4.35. The molecule has 7 nitrogen and oxygen atoms in total. The van der Waals surface area contributed by atoms with Gasteiger partial charge in [0.15, 0.2) is 23.0 Å². The Morgan fingerprint density at radius 3 is 2.43 bits per heavy atom. The molecule has 1 heterocycles. The number of ether oxygens (including phenoxy) is 4. The monoisotopic (exact) mass is 381 g/mol. The van der Waals surface area contributed by atoms with Gasteiger partial charge in [0.2, 0.25) is 19.0 Å². The third-order valence-corrected chi connectivity index (χ3v) is 4.80. The number of aromatic hydroxyl groups is 1. The number of benzene rings is 3. The van der Waals surface area contributed by atoms with E-state index in [4.69, 9.17) is 18.9 Å². The molecule has 0 aromatic heterocycles. The Hall–Kier alpha value is -3.61. The average Bonchev–Trinajstić information content (AvgIpc) is 3.17. The van der Waals surface area contributed by atoms with E-state index in [-0.39, 0.29) is 18.3 Å². The molecule has 0 bridgehead atoms. The fraction of sp³-hybridized carbons (Fsp3) is 0.190. The molecule has 0 radical (unpaired) electrons. The zero-order valence-corrected chi connectivity index (χ0v) is 15.7. The van der Waals surface area contributed by atoms with Crippen LogP contribution in [0.2, 0.25) is 0 Å². The number of amides is 1. The SMILES string of the molecule is COc1ccc(-c2ccc3cc4c(cc3c2N(C)C=O)OCO4)c(O)c1OC. The summed E-state index contributed by atoms with van der Waals surface area (Å²) < 4.78 is 21.5. The molecule has 4 rings (SSSR count). The minimum atomic E-state index is -0.0671. The van der Waals surface area contributed by atoms with Crippen molar-refractivity contribution in [3.63, 3.8) is 0 Å². The lowest BCUT2D eigenvalue weighted by Crippen LogP contribution is -2.15. The van der Waals surface area contributed by atoms with Crippen molar-refractivity contribution in [2.24, 2.45) is 0 Å². The first-order chi connectivity index (χ1) is 13.6. The van der Waals surface area contributed by atoms with Crippen LogP contribution in [-0.2, 0) is 4.79 Å². The number of phenols is 1. The molecule has 0 spiro atoms. The van der Waals surface area contributed by atoms with E-state index in [0.717, 1.165) is 17.2 Å². The molecule has 1 aliphatic heterocycles. The highest BCUT2D eigenvalue weighted by Crippen LogP contribution is 2.48. The van der Waals surface area contributed by atoms with Gasteiger partial charge in [-0.1, -0.05) is 12.1 Å². The maximum Gasteiger partial charge on any atom is 0.231 e. The van der Waals surface area contributed by atoms with Crippen LogP contribution in [0, 0.1) is 0 Å². The Bertz CT molecular complexity index is 1080. The Labute approximate surface area is 161 Å². The maximum atomic E-state index is 11.6. The van der Waals surface area contributed by atoms with Crippen LogP contribution in [0.1, 0.15) is 0 Å². The van der Waals surface area contributed by atoms with E-state index in [0.29, 0.717) is 34.1 Å². The molecule has 1 aliphatic rings. The van der Waals surface area contributed by atoms with Gasteiger partial charge >= 0.3 is 0 Å².